The van der Waals surface area contributed by atoms with Gasteiger partial charge in [0.15, 0.2) is 0 Å². The van der Waals surface area contributed by atoms with E-state index in [1.807, 2.05) is 18.9 Å². The summed E-state index contributed by atoms with van der Waals surface area (Å²) in [7, 11) is 1.82. The van der Waals surface area contributed by atoms with E-state index in [0.29, 0.717) is 18.5 Å². The summed E-state index contributed by atoms with van der Waals surface area (Å²) in [5, 5.41) is 17.7. The molecule has 1 spiro atoms. The van der Waals surface area contributed by atoms with E-state index >= 15 is 0 Å². The summed E-state index contributed by atoms with van der Waals surface area (Å²) < 4.78 is 5.48. The minimum Gasteiger partial charge on any atom is -0.483 e. The van der Waals surface area contributed by atoms with Gasteiger partial charge in [0, 0.05) is 33.1 Å². The Morgan fingerprint density at radius 1 is 1.50 bits per heavy atom. The highest BCUT2D eigenvalue weighted by atomic mass is 16.4. The highest BCUT2D eigenvalue weighted by Crippen LogP contribution is 2.33. The van der Waals surface area contributed by atoms with Crippen molar-refractivity contribution in [1.29, 1.82) is 0 Å². The molecule has 9 heteroatoms. The third kappa shape index (κ3) is 2.26. The summed E-state index contributed by atoms with van der Waals surface area (Å²) >= 11 is 0. The zero-order valence-electron chi connectivity index (χ0n) is 11.4. The van der Waals surface area contributed by atoms with Crippen molar-refractivity contribution in [2.45, 2.75) is 18.9 Å². The smallest absolute Gasteiger partial charge is 0.318 e. The maximum absolute atomic E-state index is 11.4. The number of amides is 2. The molecular weight excluding hydrogens is 266 g/mol. The first-order chi connectivity index (χ1) is 9.56. The van der Waals surface area contributed by atoms with Gasteiger partial charge in [-0.1, -0.05) is 12.0 Å². The number of anilines is 1. The molecule has 0 aromatic carbocycles. The number of carboxylic acid groups (broad SMARTS) is 1. The largest absolute Gasteiger partial charge is 0.483 e. The van der Waals surface area contributed by atoms with E-state index in [4.69, 9.17) is 14.3 Å². The first-order valence-electron chi connectivity index (χ1n) is 6.23. The third-order valence-electron chi connectivity index (χ3n) is 3.58. The van der Waals surface area contributed by atoms with E-state index in [1.54, 1.807) is 4.90 Å². The number of aryl methyl sites for hydroxylation is 1. The minimum absolute atomic E-state index is 0.00979. The molecule has 110 valence electrons. The van der Waals surface area contributed by atoms with Crippen LogP contribution in [0.5, 0.6) is 0 Å². The molecule has 2 fully saturated rings. The van der Waals surface area contributed by atoms with Crippen molar-refractivity contribution >= 4 is 18.5 Å². The Balaban J connectivity index is 0.000000452. The zero-order valence-corrected chi connectivity index (χ0v) is 11.4. The van der Waals surface area contributed by atoms with Gasteiger partial charge in [-0.3, -0.25) is 4.79 Å². The lowest BCUT2D eigenvalue weighted by Crippen LogP contribution is -2.69. The van der Waals surface area contributed by atoms with Crippen LogP contribution in [0.3, 0.4) is 0 Å². The Hall–Kier alpha value is -2.32. The number of carbonyl (C=O) groups excluding carboxylic acids is 1. The molecule has 0 atom stereocenters. The molecule has 3 heterocycles. The van der Waals surface area contributed by atoms with E-state index in [-0.39, 0.29) is 18.0 Å². The van der Waals surface area contributed by atoms with E-state index < -0.39 is 0 Å². The number of nitrogens with one attached hydrogen (secondary N) is 1. The molecule has 2 aliphatic rings. The highest BCUT2D eigenvalue weighted by Gasteiger charge is 2.53. The van der Waals surface area contributed by atoms with Crippen molar-refractivity contribution in [2.75, 3.05) is 31.6 Å². The van der Waals surface area contributed by atoms with Crippen LogP contribution in [0.4, 0.5) is 10.8 Å². The van der Waals surface area contributed by atoms with Crippen molar-refractivity contribution in [3.8, 4) is 0 Å². The number of hydrogen-bond acceptors (Lipinski definition) is 6. The summed E-state index contributed by atoms with van der Waals surface area (Å²) in [5.41, 5.74) is -0.0993. The fourth-order valence-electron chi connectivity index (χ4n) is 2.33. The second-order valence-electron chi connectivity index (χ2n) is 4.74. The molecule has 0 saturated carbocycles. The van der Waals surface area contributed by atoms with Gasteiger partial charge in [-0.05, 0) is 0 Å². The van der Waals surface area contributed by atoms with Gasteiger partial charge in [0.2, 0.25) is 5.89 Å². The molecule has 0 bridgehead atoms. The van der Waals surface area contributed by atoms with Crippen LogP contribution in [0, 0.1) is 0 Å². The normalized spacial score (nSPS) is 19.2. The summed E-state index contributed by atoms with van der Waals surface area (Å²) in [5.74, 6) is 0.648. The van der Waals surface area contributed by atoms with Crippen molar-refractivity contribution < 1.29 is 19.1 Å². The average molecular weight is 283 g/mol. The molecule has 20 heavy (non-hydrogen) atoms. The van der Waals surface area contributed by atoms with Crippen molar-refractivity contribution in [2.24, 2.45) is 0 Å². The lowest BCUT2D eigenvalue weighted by atomic mass is 9.90. The fourth-order valence-corrected chi connectivity index (χ4v) is 2.33. The number of aromatic nitrogens is 2. The second kappa shape index (κ2) is 5.35. The minimum atomic E-state index is -0.250. The van der Waals surface area contributed by atoms with Crippen molar-refractivity contribution in [1.82, 2.24) is 20.4 Å². The second-order valence-corrected chi connectivity index (χ2v) is 4.74. The monoisotopic (exact) mass is 283 g/mol. The lowest BCUT2D eigenvalue weighted by Gasteiger charge is -2.49. The van der Waals surface area contributed by atoms with Crippen molar-refractivity contribution in [3.05, 3.63) is 5.89 Å². The van der Waals surface area contributed by atoms with E-state index in [2.05, 4.69) is 15.5 Å². The Labute approximate surface area is 115 Å². The Bertz CT molecular complexity index is 497. The maximum atomic E-state index is 11.4. The molecule has 9 nitrogen and oxygen atoms in total. The molecule has 3 rings (SSSR count). The van der Waals surface area contributed by atoms with Gasteiger partial charge in [-0.25, -0.2) is 4.79 Å². The molecule has 2 amide bonds. The number of nitrogens with zero attached hydrogens (tertiary/aromatic N) is 4. The van der Waals surface area contributed by atoms with E-state index in [0.717, 1.165) is 19.5 Å². The summed E-state index contributed by atoms with van der Waals surface area (Å²) in [6, 6.07) is 0.546. The molecule has 0 radical (unpaired) electrons. The number of carbonyl (C=O) groups is 2. The van der Waals surface area contributed by atoms with E-state index in [9.17, 15) is 4.79 Å². The Kier molecular flexibility index (Phi) is 3.77. The molecule has 1 aromatic heterocycles. The number of likely N-dealkylation sites (N-methyl/N-ethyl adjacent to an activating group) is 1. The van der Waals surface area contributed by atoms with Crippen LogP contribution in [0.25, 0.3) is 0 Å². The topological polar surface area (TPSA) is 112 Å². The van der Waals surface area contributed by atoms with Gasteiger partial charge < -0.3 is 24.6 Å². The average Bonchev–Trinajstić information content (AvgIpc) is 2.96. The van der Waals surface area contributed by atoms with Gasteiger partial charge in [0.05, 0.1) is 5.54 Å². The molecule has 0 unspecified atom stereocenters. The molecule has 0 aliphatic carbocycles. The van der Waals surface area contributed by atoms with Crippen LogP contribution in [-0.2, 0) is 11.2 Å². The van der Waals surface area contributed by atoms with Crippen LogP contribution in [0.15, 0.2) is 4.42 Å². The zero-order chi connectivity index (χ0) is 14.8. The Morgan fingerprint density at radius 2 is 2.15 bits per heavy atom. The van der Waals surface area contributed by atoms with Crippen LogP contribution < -0.4 is 10.2 Å². The van der Waals surface area contributed by atoms with Gasteiger partial charge in [0.1, 0.15) is 0 Å². The summed E-state index contributed by atoms with van der Waals surface area (Å²) in [6.07, 6.45) is 0.742. The van der Waals surface area contributed by atoms with Gasteiger partial charge in [-0.2, -0.15) is 0 Å². The van der Waals surface area contributed by atoms with Gasteiger partial charge in [0.25, 0.3) is 6.47 Å². The molecule has 2 aliphatic heterocycles. The molecule has 2 N–H and O–H groups in total. The number of hydrogen-bond donors (Lipinski definition) is 2. The van der Waals surface area contributed by atoms with Crippen LogP contribution in [0.1, 0.15) is 12.8 Å². The van der Waals surface area contributed by atoms with Gasteiger partial charge >= 0.3 is 12.0 Å². The van der Waals surface area contributed by atoms with Gasteiger partial charge in [-0.15, -0.1) is 5.10 Å². The standard InChI is InChI=1S/C10H15N5O2.CH2O2/c1-3-7-12-13-9(17-7)15-5-10(6-15)4-11-8(16)14(10)2;2-1-3/h3-6H2,1-2H3,(H,11,16);1H,(H,2,3). The number of urea groups is 1. The number of rotatable bonds is 2. The molecule has 1 aromatic rings. The van der Waals surface area contributed by atoms with E-state index in [1.165, 1.54) is 0 Å². The first kappa shape index (κ1) is 14.1. The lowest BCUT2D eigenvalue weighted by molar-refractivity contribution is -0.122. The predicted octanol–water partition coefficient (Wildman–Crippen LogP) is -0.453. The third-order valence-corrected chi connectivity index (χ3v) is 3.58. The fraction of sp³-hybridized carbons (Fsp3) is 0.636. The van der Waals surface area contributed by atoms with Crippen LogP contribution >= 0.6 is 0 Å². The molecular formula is C11H17N5O4. The van der Waals surface area contributed by atoms with Crippen molar-refractivity contribution in [3.63, 3.8) is 0 Å². The van der Waals surface area contributed by atoms with Crippen LogP contribution in [-0.4, -0.2) is 64.9 Å². The summed E-state index contributed by atoms with van der Waals surface area (Å²) in [6.45, 7) is 3.90. The molecule has 2 saturated heterocycles. The van der Waals surface area contributed by atoms with Crippen LogP contribution in [0.2, 0.25) is 0 Å². The first-order valence-corrected chi connectivity index (χ1v) is 6.23. The maximum Gasteiger partial charge on any atom is 0.318 e. The quantitative estimate of drug-likeness (QED) is 0.707. The Morgan fingerprint density at radius 3 is 2.60 bits per heavy atom. The highest BCUT2D eigenvalue weighted by molar-refractivity contribution is 5.78. The summed E-state index contributed by atoms with van der Waals surface area (Å²) in [4.78, 5) is 23.5. The SMILES string of the molecule is CCc1nnc(N2CC3(CNC(=O)N3C)C2)o1.O=CO. The predicted molar refractivity (Wildman–Crippen MR) is 68.5 cm³/mol.